The van der Waals surface area contributed by atoms with Crippen LogP contribution in [0.25, 0.3) is 0 Å². The Labute approximate surface area is 132 Å². The van der Waals surface area contributed by atoms with Gasteiger partial charge in [0.1, 0.15) is 11.6 Å². The van der Waals surface area contributed by atoms with Crippen molar-refractivity contribution < 1.29 is 12.8 Å². The van der Waals surface area contributed by atoms with Gasteiger partial charge in [-0.05, 0) is 30.5 Å². The van der Waals surface area contributed by atoms with Gasteiger partial charge < -0.3 is 0 Å². The molecule has 0 saturated carbocycles. The SMILES string of the molecule is O=c1[nH]nc2n1CCC(NS(=O)(=O)Cc1cccc(F)c1)CC2. The van der Waals surface area contributed by atoms with Gasteiger partial charge in [-0.25, -0.2) is 27.4 Å². The van der Waals surface area contributed by atoms with Crippen LogP contribution in [-0.4, -0.2) is 29.2 Å². The summed E-state index contributed by atoms with van der Waals surface area (Å²) in [5.41, 5.74) is 0.124. The van der Waals surface area contributed by atoms with E-state index in [1.807, 2.05) is 0 Å². The van der Waals surface area contributed by atoms with Crippen LogP contribution in [0.5, 0.6) is 0 Å². The van der Waals surface area contributed by atoms with E-state index in [0.717, 1.165) is 0 Å². The largest absolute Gasteiger partial charge is 0.343 e. The molecule has 2 aromatic rings. The van der Waals surface area contributed by atoms with E-state index in [-0.39, 0.29) is 17.5 Å². The molecule has 0 amide bonds. The summed E-state index contributed by atoms with van der Waals surface area (Å²) in [7, 11) is -3.58. The van der Waals surface area contributed by atoms with Gasteiger partial charge in [-0.3, -0.25) is 4.57 Å². The van der Waals surface area contributed by atoms with Crippen LogP contribution in [0.15, 0.2) is 29.1 Å². The van der Waals surface area contributed by atoms with E-state index >= 15 is 0 Å². The van der Waals surface area contributed by atoms with Gasteiger partial charge in [-0.15, -0.1) is 0 Å². The van der Waals surface area contributed by atoms with Crippen LogP contribution in [0, 0.1) is 5.82 Å². The number of nitrogens with one attached hydrogen (secondary N) is 2. The van der Waals surface area contributed by atoms with Gasteiger partial charge in [-0.2, -0.15) is 5.10 Å². The molecule has 2 heterocycles. The van der Waals surface area contributed by atoms with E-state index in [1.165, 1.54) is 22.8 Å². The molecule has 1 aliphatic heterocycles. The molecule has 0 spiro atoms. The lowest BCUT2D eigenvalue weighted by Gasteiger charge is -2.16. The van der Waals surface area contributed by atoms with Crippen molar-refractivity contribution in [1.29, 1.82) is 0 Å². The average Bonchev–Trinajstić information content (AvgIpc) is 2.69. The Morgan fingerprint density at radius 1 is 1.39 bits per heavy atom. The summed E-state index contributed by atoms with van der Waals surface area (Å²) in [4.78, 5) is 11.6. The van der Waals surface area contributed by atoms with Gasteiger partial charge in [0.05, 0.1) is 5.75 Å². The summed E-state index contributed by atoms with van der Waals surface area (Å²) in [6.45, 7) is 0.415. The van der Waals surface area contributed by atoms with E-state index in [2.05, 4.69) is 14.9 Å². The second-order valence-electron chi connectivity index (χ2n) is 5.63. The van der Waals surface area contributed by atoms with Crippen LogP contribution in [0.1, 0.15) is 24.2 Å². The minimum absolute atomic E-state index is 0.269. The molecular formula is C14H17FN4O3S. The van der Waals surface area contributed by atoms with Gasteiger partial charge in [0.15, 0.2) is 0 Å². The molecule has 0 fully saturated rings. The molecule has 1 aromatic carbocycles. The minimum Gasteiger partial charge on any atom is -0.279 e. The number of aryl methyl sites for hydroxylation is 1. The molecule has 1 aliphatic rings. The maximum atomic E-state index is 13.2. The minimum atomic E-state index is -3.58. The first-order valence-electron chi connectivity index (χ1n) is 7.31. The fraction of sp³-hybridized carbons (Fsp3) is 0.429. The number of H-pyrrole nitrogens is 1. The molecule has 3 rings (SSSR count). The quantitative estimate of drug-likeness (QED) is 0.849. The molecule has 7 nitrogen and oxygen atoms in total. The Bertz CT molecular complexity index is 859. The maximum Gasteiger partial charge on any atom is 0.343 e. The number of rotatable bonds is 4. The van der Waals surface area contributed by atoms with Gasteiger partial charge in [0.25, 0.3) is 0 Å². The van der Waals surface area contributed by atoms with E-state index in [4.69, 9.17) is 0 Å². The van der Waals surface area contributed by atoms with Crippen molar-refractivity contribution in [2.45, 2.75) is 37.6 Å². The van der Waals surface area contributed by atoms with E-state index in [9.17, 15) is 17.6 Å². The molecule has 0 aliphatic carbocycles. The normalized spacial score (nSPS) is 18.4. The summed E-state index contributed by atoms with van der Waals surface area (Å²) >= 11 is 0. The highest BCUT2D eigenvalue weighted by molar-refractivity contribution is 7.88. The lowest BCUT2D eigenvalue weighted by atomic mass is 10.1. The first-order valence-corrected chi connectivity index (χ1v) is 8.97. The smallest absolute Gasteiger partial charge is 0.279 e. The van der Waals surface area contributed by atoms with E-state index in [1.54, 1.807) is 6.07 Å². The maximum absolute atomic E-state index is 13.2. The van der Waals surface area contributed by atoms with Crippen molar-refractivity contribution in [3.8, 4) is 0 Å². The van der Waals surface area contributed by atoms with E-state index < -0.39 is 15.8 Å². The lowest BCUT2D eigenvalue weighted by Crippen LogP contribution is -2.36. The van der Waals surface area contributed by atoms with Crippen LogP contribution < -0.4 is 10.4 Å². The topological polar surface area (TPSA) is 96.8 Å². The van der Waals surface area contributed by atoms with Crippen molar-refractivity contribution in [1.82, 2.24) is 19.5 Å². The zero-order valence-corrected chi connectivity index (χ0v) is 13.1. The number of aromatic amines is 1. The molecule has 124 valence electrons. The summed E-state index contributed by atoms with van der Waals surface area (Å²) < 4.78 is 41.8. The number of aromatic nitrogens is 3. The predicted molar refractivity (Wildman–Crippen MR) is 81.7 cm³/mol. The van der Waals surface area contributed by atoms with Crippen LogP contribution in [0.2, 0.25) is 0 Å². The number of sulfonamides is 1. The summed E-state index contributed by atoms with van der Waals surface area (Å²) in [5.74, 6) is -0.0921. The van der Waals surface area contributed by atoms with Crippen molar-refractivity contribution in [2.24, 2.45) is 0 Å². The number of hydrogen-bond acceptors (Lipinski definition) is 4. The van der Waals surface area contributed by atoms with Crippen molar-refractivity contribution in [2.75, 3.05) is 0 Å². The summed E-state index contributed by atoms with van der Waals surface area (Å²) in [6, 6.07) is 5.27. The second kappa shape index (κ2) is 6.25. The lowest BCUT2D eigenvalue weighted by molar-refractivity contribution is 0.493. The highest BCUT2D eigenvalue weighted by Crippen LogP contribution is 2.14. The van der Waals surface area contributed by atoms with Gasteiger partial charge in [0.2, 0.25) is 10.0 Å². The molecular weight excluding hydrogens is 323 g/mol. The monoisotopic (exact) mass is 340 g/mol. The van der Waals surface area contributed by atoms with Gasteiger partial charge >= 0.3 is 5.69 Å². The molecule has 1 atom stereocenters. The highest BCUT2D eigenvalue weighted by Gasteiger charge is 2.23. The average molecular weight is 340 g/mol. The first-order chi connectivity index (χ1) is 10.9. The molecule has 9 heteroatoms. The third kappa shape index (κ3) is 3.85. The number of benzene rings is 1. The van der Waals surface area contributed by atoms with Crippen LogP contribution in [0.4, 0.5) is 4.39 Å². The third-order valence-electron chi connectivity index (χ3n) is 3.85. The zero-order valence-electron chi connectivity index (χ0n) is 12.3. The Morgan fingerprint density at radius 3 is 3.00 bits per heavy atom. The number of hydrogen-bond donors (Lipinski definition) is 2. The third-order valence-corrected chi connectivity index (χ3v) is 5.25. The molecule has 1 aromatic heterocycles. The summed E-state index contributed by atoms with van der Waals surface area (Å²) in [5, 5.41) is 6.32. The Hall–Kier alpha value is -2.00. The predicted octanol–water partition coefficient (Wildman–Crippen LogP) is 0.535. The van der Waals surface area contributed by atoms with Gasteiger partial charge in [0, 0.05) is 19.0 Å². The van der Waals surface area contributed by atoms with Crippen molar-refractivity contribution >= 4 is 10.0 Å². The van der Waals surface area contributed by atoms with Gasteiger partial charge in [-0.1, -0.05) is 12.1 Å². The number of nitrogens with zero attached hydrogens (tertiary/aromatic N) is 2. The Kier molecular flexibility index (Phi) is 4.31. The van der Waals surface area contributed by atoms with Crippen LogP contribution >= 0.6 is 0 Å². The second-order valence-corrected chi connectivity index (χ2v) is 7.38. The standard InChI is InChI=1S/C14H17FN4O3S/c15-11-3-1-2-10(8-11)9-23(21,22)18-12-4-5-13-16-17-14(20)19(13)7-6-12/h1-3,8,12,18H,4-7,9H2,(H,17,20). The van der Waals surface area contributed by atoms with Crippen LogP contribution in [-0.2, 0) is 28.7 Å². The molecule has 23 heavy (non-hydrogen) atoms. The number of fused-ring (bicyclic) bond motifs is 1. The van der Waals surface area contributed by atoms with E-state index in [0.29, 0.717) is 37.2 Å². The summed E-state index contributed by atoms with van der Waals surface area (Å²) in [6.07, 6.45) is 1.59. The van der Waals surface area contributed by atoms with Crippen molar-refractivity contribution in [3.05, 3.63) is 52.0 Å². The fourth-order valence-electron chi connectivity index (χ4n) is 2.76. The Morgan fingerprint density at radius 2 is 2.22 bits per heavy atom. The van der Waals surface area contributed by atoms with Crippen LogP contribution in [0.3, 0.4) is 0 Å². The molecule has 1 unspecified atom stereocenters. The molecule has 0 radical (unpaired) electrons. The van der Waals surface area contributed by atoms with Crippen molar-refractivity contribution in [3.63, 3.8) is 0 Å². The number of halogens is 1. The molecule has 2 N–H and O–H groups in total. The zero-order chi connectivity index (χ0) is 16.4. The molecule has 0 bridgehead atoms. The highest BCUT2D eigenvalue weighted by atomic mass is 32.2. The first kappa shape index (κ1) is 15.9. The fourth-order valence-corrected chi connectivity index (χ4v) is 4.21. The molecule has 0 saturated heterocycles. The Balaban J connectivity index is 1.66.